The van der Waals surface area contributed by atoms with Crippen molar-refractivity contribution in [2.45, 2.75) is 102 Å². The van der Waals surface area contributed by atoms with Crippen LogP contribution in [-0.2, 0) is 13.6 Å². The normalized spacial score (nSPS) is 25.2. The molecule has 0 bridgehead atoms. The predicted octanol–water partition coefficient (Wildman–Crippen LogP) is 5.33. The first kappa shape index (κ1) is 26.6. The minimum atomic E-state index is -2.12. The number of imidazole rings is 1. The van der Waals surface area contributed by atoms with Gasteiger partial charge in [0.15, 0.2) is 34.3 Å². The molecule has 3 heterocycles. The van der Waals surface area contributed by atoms with E-state index in [1.165, 1.54) is 6.33 Å². The summed E-state index contributed by atoms with van der Waals surface area (Å²) in [6.07, 6.45) is 1.96. The first-order valence-electron chi connectivity index (χ1n) is 11.5. The summed E-state index contributed by atoms with van der Waals surface area (Å²) in [5.74, 6) is 0.328. The van der Waals surface area contributed by atoms with Gasteiger partial charge >= 0.3 is 0 Å². The van der Waals surface area contributed by atoms with Crippen LogP contribution in [0.4, 0.5) is 5.82 Å². The number of aromatic nitrogens is 4. The van der Waals surface area contributed by atoms with E-state index in [2.05, 4.69) is 82.7 Å². The second-order valence-electron chi connectivity index (χ2n) is 12.0. The van der Waals surface area contributed by atoms with Gasteiger partial charge in [-0.1, -0.05) is 41.5 Å². The van der Waals surface area contributed by atoms with Gasteiger partial charge in [0, 0.05) is 0 Å². The van der Waals surface area contributed by atoms with E-state index < -0.39 is 28.2 Å². The zero-order chi connectivity index (χ0) is 25.0. The maximum Gasteiger partial charge on any atom is 0.192 e. The van der Waals surface area contributed by atoms with Gasteiger partial charge in [0.25, 0.3) is 0 Å². The van der Waals surface area contributed by atoms with E-state index in [0.717, 1.165) is 0 Å². The maximum absolute atomic E-state index is 7.07. The number of anilines is 1. The number of nitrogens with two attached hydrogens (primary N) is 1. The fourth-order valence-corrected chi connectivity index (χ4v) is 6.10. The number of rotatable bonds is 6. The lowest BCUT2D eigenvalue weighted by atomic mass is 10.2. The van der Waals surface area contributed by atoms with E-state index >= 15 is 0 Å². The van der Waals surface area contributed by atoms with Gasteiger partial charge in [-0.15, -0.1) is 11.6 Å². The zero-order valence-electron chi connectivity index (χ0n) is 21.6. The SMILES string of the molecule is CC(C)(C)[Si](C)(C)OC[C@H]1O[C@@H](n2cnc3c(N)ncnc32)[C@H](Cl)C1O[Si](C)(C)C(C)(C)C. The Labute approximate surface area is 204 Å². The van der Waals surface area contributed by atoms with Crippen molar-refractivity contribution in [2.24, 2.45) is 0 Å². The van der Waals surface area contributed by atoms with Crippen LogP contribution < -0.4 is 5.73 Å². The third kappa shape index (κ3) is 5.15. The molecule has 3 rings (SSSR count). The summed E-state index contributed by atoms with van der Waals surface area (Å²) in [6.45, 7) is 22.7. The summed E-state index contributed by atoms with van der Waals surface area (Å²) in [4.78, 5) is 12.8. The van der Waals surface area contributed by atoms with Crippen LogP contribution in [0, 0.1) is 0 Å². The summed E-state index contributed by atoms with van der Waals surface area (Å²) in [5.41, 5.74) is 7.12. The van der Waals surface area contributed by atoms with Crippen molar-refractivity contribution in [2.75, 3.05) is 12.3 Å². The van der Waals surface area contributed by atoms with Crippen LogP contribution in [0.25, 0.3) is 11.2 Å². The van der Waals surface area contributed by atoms with Crippen molar-refractivity contribution < 1.29 is 13.6 Å². The molecule has 1 fully saturated rings. The molecule has 1 aliphatic rings. The monoisotopic (exact) mass is 513 g/mol. The molecule has 186 valence electrons. The van der Waals surface area contributed by atoms with Gasteiger partial charge in [0.05, 0.1) is 19.0 Å². The molecule has 2 aromatic heterocycles. The number of nitrogen functional groups attached to an aromatic ring is 1. The Morgan fingerprint density at radius 3 is 2.21 bits per heavy atom. The molecule has 0 radical (unpaired) electrons. The quantitative estimate of drug-likeness (QED) is 0.412. The molecule has 0 aromatic carbocycles. The molecule has 11 heteroatoms. The highest BCUT2D eigenvalue weighted by atomic mass is 35.5. The highest BCUT2D eigenvalue weighted by molar-refractivity contribution is 6.74. The van der Waals surface area contributed by atoms with Crippen molar-refractivity contribution in [3.05, 3.63) is 12.7 Å². The van der Waals surface area contributed by atoms with Crippen LogP contribution in [0.3, 0.4) is 0 Å². The van der Waals surface area contributed by atoms with E-state index in [1.807, 2.05) is 4.57 Å². The van der Waals surface area contributed by atoms with Crippen LogP contribution in [0.2, 0.25) is 36.3 Å². The fourth-order valence-electron chi connectivity index (χ4n) is 3.27. The first-order valence-corrected chi connectivity index (χ1v) is 17.8. The molecule has 1 aliphatic heterocycles. The molecule has 0 amide bonds. The molecule has 0 saturated carbocycles. The summed E-state index contributed by atoms with van der Waals surface area (Å²) in [6, 6.07) is 0. The minimum Gasteiger partial charge on any atom is -0.414 e. The Bertz CT molecular complexity index is 987. The molecule has 2 N–H and O–H groups in total. The van der Waals surface area contributed by atoms with E-state index in [-0.39, 0.29) is 22.3 Å². The van der Waals surface area contributed by atoms with Gasteiger partial charge in [-0.3, -0.25) is 4.57 Å². The van der Waals surface area contributed by atoms with E-state index in [0.29, 0.717) is 23.6 Å². The molecule has 0 aliphatic carbocycles. The molecule has 4 atom stereocenters. The number of hydrogen-bond donors (Lipinski definition) is 1. The van der Waals surface area contributed by atoms with Gasteiger partial charge in [-0.25, -0.2) is 15.0 Å². The van der Waals surface area contributed by atoms with E-state index in [1.54, 1.807) is 6.33 Å². The topological polar surface area (TPSA) is 97.3 Å². The number of nitrogens with zero attached hydrogens (tertiary/aromatic N) is 4. The lowest BCUT2D eigenvalue weighted by Crippen LogP contribution is -2.50. The van der Waals surface area contributed by atoms with Crippen molar-refractivity contribution >= 4 is 45.2 Å². The number of fused-ring (bicyclic) bond motifs is 1. The zero-order valence-corrected chi connectivity index (χ0v) is 24.4. The summed E-state index contributed by atoms with van der Waals surface area (Å²) in [5, 5.41) is -0.313. The molecular formula is C22H40ClN5O3Si2. The highest BCUT2D eigenvalue weighted by Gasteiger charge is 2.51. The van der Waals surface area contributed by atoms with Gasteiger partial charge in [-0.05, 0) is 36.3 Å². The molecule has 33 heavy (non-hydrogen) atoms. The molecule has 0 spiro atoms. The van der Waals surface area contributed by atoms with E-state index in [9.17, 15) is 0 Å². The highest BCUT2D eigenvalue weighted by Crippen LogP contribution is 2.44. The standard InChI is InChI=1S/C22H40ClN5O3Si2/c1-21(2,3)32(7,8)29-11-14-17(31-33(9,10)22(4,5)6)15(23)20(30-14)28-13-27-16-18(24)25-12-26-19(16)28/h12-15,17,20H,11H2,1-10H3,(H2,24,25,26)/t14-,15-,17?,20-/m1/s1. The summed E-state index contributed by atoms with van der Waals surface area (Å²) < 4.78 is 21.7. The van der Waals surface area contributed by atoms with Gasteiger partial charge in [0.1, 0.15) is 23.3 Å². The van der Waals surface area contributed by atoms with Gasteiger partial charge in [-0.2, -0.15) is 0 Å². The Balaban J connectivity index is 1.94. The Kier molecular flexibility index (Phi) is 7.14. The molecule has 1 unspecified atom stereocenters. The Hall–Kier alpha value is -1.05. The second kappa shape index (κ2) is 8.87. The average Bonchev–Trinajstić information content (AvgIpc) is 3.21. The van der Waals surface area contributed by atoms with Crippen LogP contribution in [0.15, 0.2) is 12.7 Å². The lowest BCUT2D eigenvalue weighted by molar-refractivity contribution is -0.0382. The van der Waals surface area contributed by atoms with Gasteiger partial charge < -0.3 is 19.3 Å². The van der Waals surface area contributed by atoms with Crippen LogP contribution in [0.5, 0.6) is 0 Å². The van der Waals surface area contributed by atoms with Crippen LogP contribution >= 0.6 is 11.6 Å². The van der Waals surface area contributed by atoms with E-state index in [4.69, 9.17) is 30.9 Å². The average molecular weight is 514 g/mol. The smallest absolute Gasteiger partial charge is 0.192 e. The van der Waals surface area contributed by atoms with Crippen molar-refractivity contribution in [3.63, 3.8) is 0 Å². The Morgan fingerprint density at radius 1 is 1.03 bits per heavy atom. The predicted molar refractivity (Wildman–Crippen MR) is 139 cm³/mol. The third-order valence-corrected chi connectivity index (χ3v) is 17.0. The fraction of sp³-hybridized carbons (Fsp3) is 0.773. The number of halogens is 1. The lowest BCUT2D eigenvalue weighted by Gasteiger charge is -2.41. The molecule has 8 nitrogen and oxygen atoms in total. The van der Waals surface area contributed by atoms with Crippen molar-refractivity contribution in [1.82, 2.24) is 19.5 Å². The van der Waals surface area contributed by atoms with Crippen LogP contribution in [-0.4, -0.2) is 60.3 Å². The number of ether oxygens (including phenoxy) is 1. The van der Waals surface area contributed by atoms with Crippen molar-refractivity contribution in [3.8, 4) is 0 Å². The maximum atomic E-state index is 7.07. The van der Waals surface area contributed by atoms with Gasteiger partial charge in [0.2, 0.25) is 0 Å². The molecule has 2 aromatic rings. The second-order valence-corrected chi connectivity index (χ2v) is 22.1. The number of hydrogen-bond acceptors (Lipinski definition) is 7. The number of alkyl halides is 1. The summed E-state index contributed by atoms with van der Waals surface area (Å²) in [7, 11) is -4.10. The third-order valence-electron chi connectivity index (χ3n) is 7.58. The van der Waals surface area contributed by atoms with Crippen molar-refractivity contribution in [1.29, 1.82) is 0 Å². The molecule has 1 saturated heterocycles. The summed E-state index contributed by atoms with van der Waals surface area (Å²) >= 11 is 7.07. The minimum absolute atomic E-state index is 0.0376. The Morgan fingerprint density at radius 2 is 1.64 bits per heavy atom. The first-order chi connectivity index (χ1) is 15.0. The van der Waals surface area contributed by atoms with Crippen LogP contribution in [0.1, 0.15) is 47.8 Å². The largest absolute Gasteiger partial charge is 0.414 e. The molecular weight excluding hydrogens is 474 g/mol.